The van der Waals surface area contributed by atoms with Crippen molar-refractivity contribution in [3.05, 3.63) is 77.0 Å². The largest absolute Gasteiger partial charge is 0.416 e. The minimum atomic E-state index is -4.35. The van der Waals surface area contributed by atoms with Crippen LogP contribution >= 0.6 is 11.8 Å². The zero-order chi connectivity index (χ0) is 26.7. The molecule has 0 aliphatic carbocycles. The third-order valence-electron chi connectivity index (χ3n) is 6.90. The molecule has 0 unspecified atom stereocenters. The fourth-order valence-corrected chi connectivity index (χ4v) is 5.71. The van der Waals surface area contributed by atoms with E-state index in [9.17, 15) is 18.0 Å². The zero-order valence-electron chi connectivity index (χ0n) is 21.2. The minimum Gasteiger partial charge on any atom is -0.368 e. The molecule has 2 saturated heterocycles. The number of amides is 1. The zero-order valence-corrected chi connectivity index (χ0v) is 22.1. The minimum absolute atomic E-state index is 0.0905. The van der Waals surface area contributed by atoms with Crippen LogP contribution in [0.5, 0.6) is 0 Å². The van der Waals surface area contributed by atoms with Crippen LogP contribution in [0, 0.1) is 6.92 Å². The average Bonchev–Trinajstić information content (AvgIpc) is 3.46. The van der Waals surface area contributed by atoms with Gasteiger partial charge in [0, 0.05) is 68.0 Å². The standard InChI is InChI=1S/C28H30F3N5OS/c1-20-16-25(35-14-12-34(13-15-35)24-9-5-8-23(18-24)28(29,30)31)33-27(32-20)38-19-21-6-4-7-22(17-21)26(37)36-10-2-3-11-36/h4-9,16-18H,2-3,10-15,19H2,1H3. The van der Waals surface area contributed by atoms with E-state index in [0.29, 0.717) is 42.8 Å². The van der Waals surface area contributed by atoms with Gasteiger partial charge in [0.15, 0.2) is 5.16 Å². The van der Waals surface area contributed by atoms with Gasteiger partial charge < -0.3 is 14.7 Å². The molecule has 2 fully saturated rings. The summed E-state index contributed by atoms with van der Waals surface area (Å²) in [5.41, 5.74) is 2.57. The quantitative estimate of drug-likeness (QED) is 0.297. The number of thioether (sulfide) groups is 1. The highest BCUT2D eigenvalue weighted by atomic mass is 32.2. The molecule has 5 rings (SSSR count). The molecule has 1 aromatic heterocycles. The van der Waals surface area contributed by atoms with Crippen molar-refractivity contribution in [2.75, 3.05) is 49.1 Å². The molecule has 10 heteroatoms. The summed E-state index contributed by atoms with van der Waals surface area (Å²) in [7, 11) is 0. The van der Waals surface area contributed by atoms with E-state index in [0.717, 1.165) is 54.6 Å². The van der Waals surface area contributed by atoms with Gasteiger partial charge in [-0.3, -0.25) is 4.79 Å². The van der Waals surface area contributed by atoms with Crippen molar-refractivity contribution in [2.45, 2.75) is 36.9 Å². The number of halogens is 3. The molecule has 2 aliphatic rings. The average molecular weight is 542 g/mol. The highest BCUT2D eigenvalue weighted by molar-refractivity contribution is 7.98. The molecule has 3 aromatic rings. The molecule has 38 heavy (non-hydrogen) atoms. The smallest absolute Gasteiger partial charge is 0.368 e. The Kier molecular flexibility index (Phi) is 7.78. The van der Waals surface area contributed by atoms with Crippen molar-refractivity contribution in [3.63, 3.8) is 0 Å². The van der Waals surface area contributed by atoms with E-state index in [2.05, 4.69) is 9.88 Å². The van der Waals surface area contributed by atoms with Gasteiger partial charge in [0.05, 0.1) is 5.56 Å². The predicted octanol–water partition coefficient (Wildman–Crippen LogP) is 5.66. The second-order valence-corrected chi connectivity index (χ2v) is 10.6. The molecule has 0 bridgehead atoms. The third-order valence-corrected chi connectivity index (χ3v) is 7.82. The molecule has 0 atom stereocenters. The van der Waals surface area contributed by atoms with E-state index in [4.69, 9.17) is 4.98 Å². The predicted molar refractivity (Wildman–Crippen MR) is 144 cm³/mol. The number of hydrogen-bond acceptors (Lipinski definition) is 6. The molecule has 0 saturated carbocycles. The summed E-state index contributed by atoms with van der Waals surface area (Å²) in [5, 5.41) is 0.664. The highest BCUT2D eigenvalue weighted by Gasteiger charge is 2.31. The number of aryl methyl sites for hydroxylation is 1. The summed E-state index contributed by atoms with van der Waals surface area (Å²) in [6.07, 6.45) is -2.22. The molecule has 0 radical (unpaired) electrons. The molecule has 200 valence electrons. The Morgan fingerprint density at radius 1 is 0.895 bits per heavy atom. The molecule has 2 aromatic carbocycles. The maximum atomic E-state index is 13.1. The van der Waals surface area contributed by atoms with Crippen LogP contribution in [-0.2, 0) is 11.9 Å². The number of benzene rings is 2. The van der Waals surface area contributed by atoms with Crippen molar-refractivity contribution >= 4 is 29.2 Å². The lowest BCUT2D eigenvalue weighted by Gasteiger charge is -2.37. The Morgan fingerprint density at radius 3 is 2.34 bits per heavy atom. The van der Waals surface area contributed by atoms with E-state index < -0.39 is 11.7 Å². The fraction of sp³-hybridized carbons (Fsp3) is 0.393. The maximum Gasteiger partial charge on any atom is 0.416 e. The number of alkyl halides is 3. The van der Waals surface area contributed by atoms with Gasteiger partial charge >= 0.3 is 6.18 Å². The first kappa shape index (κ1) is 26.3. The van der Waals surface area contributed by atoms with E-state index in [1.807, 2.05) is 47.1 Å². The first-order valence-electron chi connectivity index (χ1n) is 12.8. The number of rotatable bonds is 6. The van der Waals surface area contributed by atoms with Crippen LogP contribution in [0.1, 0.15) is 40.0 Å². The maximum absolute atomic E-state index is 13.1. The van der Waals surface area contributed by atoms with Gasteiger partial charge in [0.2, 0.25) is 0 Å². The topological polar surface area (TPSA) is 52.6 Å². The van der Waals surface area contributed by atoms with Crippen LogP contribution in [0.4, 0.5) is 24.7 Å². The lowest BCUT2D eigenvalue weighted by molar-refractivity contribution is -0.137. The third kappa shape index (κ3) is 6.23. The number of piperazine rings is 1. The fourth-order valence-electron chi connectivity index (χ4n) is 4.87. The van der Waals surface area contributed by atoms with Gasteiger partial charge in [-0.25, -0.2) is 9.97 Å². The molecule has 0 spiro atoms. The SMILES string of the molecule is Cc1cc(N2CCN(c3cccc(C(F)(F)F)c3)CC2)nc(SCc2cccc(C(=O)N3CCCC3)c2)n1. The van der Waals surface area contributed by atoms with Crippen LogP contribution in [0.25, 0.3) is 0 Å². The van der Waals surface area contributed by atoms with E-state index in [1.54, 1.807) is 6.07 Å². The number of anilines is 2. The van der Waals surface area contributed by atoms with E-state index >= 15 is 0 Å². The van der Waals surface area contributed by atoms with Gasteiger partial charge in [-0.15, -0.1) is 0 Å². The second kappa shape index (κ2) is 11.2. The summed E-state index contributed by atoms with van der Waals surface area (Å²) in [5.74, 6) is 1.56. The van der Waals surface area contributed by atoms with E-state index in [1.165, 1.54) is 23.9 Å². The van der Waals surface area contributed by atoms with Gasteiger partial charge in [0.25, 0.3) is 5.91 Å². The lowest BCUT2D eigenvalue weighted by Crippen LogP contribution is -2.47. The van der Waals surface area contributed by atoms with Gasteiger partial charge in [-0.2, -0.15) is 13.2 Å². The Hall–Kier alpha value is -3.27. The van der Waals surface area contributed by atoms with Gasteiger partial charge in [0.1, 0.15) is 5.82 Å². The van der Waals surface area contributed by atoms with E-state index in [-0.39, 0.29) is 5.91 Å². The normalized spacial score (nSPS) is 16.3. The van der Waals surface area contributed by atoms with Crippen molar-refractivity contribution in [1.29, 1.82) is 0 Å². The summed E-state index contributed by atoms with van der Waals surface area (Å²) >= 11 is 1.53. The molecule has 6 nitrogen and oxygen atoms in total. The Labute approximate surface area is 224 Å². The van der Waals surface area contributed by atoms with Crippen LogP contribution in [0.3, 0.4) is 0 Å². The number of aromatic nitrogens is 2. The first-order valence-corrected chi connectivity index (χ1v) is 13.8. The molecule has 2 aliphatic heterocycles. The number of likely N-dealkylation sites (tertiary alicyclic amines) is 1. The summed E-state index contributed by atoms with van der Waals surface area (Å²) in [6.45, 7) is 6.09. The molecule has 0 N–H and O–H groups in total. The molecule has 1 amide bonds. The van der Waals surface area contributed by atoms with Crippen molar-refractivity contribution < 1.29 is 18.0 Å². The first-order chi connectivity index (χ1) is 18.3. The monoisotopic (exact) mass is 541 g/mol. The molecular formula is C28H30F3N5OS. The number of carbonyl (C=O) groups is 1. The van der Waals surface area contributed by atoms with Crippen molar-refractivity contribution in [3.8, 4) is 0 Å². The van der Waals surface area contributed by atoms with Crippen molar-refractivity contribution in [2.24, 2.45) is 0 Å². The van der Waals surface area contributed by atoms with Crippen LogP contribution in [-0.4, -0.2) is 60.0 Å². The van der Waals surface area contributed by atoms with Crippen LogP contribution in [0.15, 0.2) is 59.8 Å². The molecular weight excluding hydrogens is 511 g/mol. The summed E-state index contributed by atoms with van der Waals surface area (Å²) < 4.78 is 39.4. The van der Waals surface area contributed by atoms with Gasteiger partial charge in [-0.05, 0) is 55.7 Å². The van der Waals surface area contributed by atoms with Crippen molar-refractivity contribution in [1.82, 2.24) is 14.9 Å². The lowest BCUT2D eigenvalue weighted by atomic mass is 10.1. The Morgan fingerprint density at radius 2 is 1.61 bits per heavy atom. The van der Waals surface area contributed by atoms with Crippen LogP contribution in [0.2, 0.25) is 0 Å². The second-order valence-electron chi connectivity index (χ2n) is 9.66. The van der Waals surface area contributed by atoms with Gasteiger partial charge in [-0.1, -0.05) is 30.0 Å². The highest BCUT2D eigenvalue weighted by Crippen LogP contribution is 2.32. The number of carbonyl (C=O) groups excluding carboxylic acids is 1. The Balaban J connectivity index is 1.21. The number of nitrogens with zero attached hydrogens (tertiary/aromatic N) is 5. The summed E-state index contributed by atoms with van der Waals surface area (Å²) in [4.78, 5) is 28.2. The Bertz CT molecular complexity index is 1290. The molecule has 3 heterocycles. The van der Waals surface area contributed by atoms with Crippen LogP contribution < -0.4 is 9.80 Å². The number of hydrogen-bond donors (Lipinski definition) is 0. The summed E-state index contributed by atoms with van der Waals surface area (Å²) in [6, 6.07) is 15.2.